The van der Waals surface area contributed by atoms with E-state index in [1.54, 1.807) is 42.5 Å². The van der Waals surface area contributed by atoms with Crippen molar-refractivity contribution in [3.63, 3.8) is 0 Å². The predicted octanol–water partition coefficient (Wildman–Crippen LogP) is 9.27. The highest BCUT2D eigenvalue weighted by Crippen LogP contribution is 2.45. The standard InChI is InChI=1S/C41H51NO7/c1-9-17-18-30(16-8)29-42-33-27-32(44-19-10-2)28-34(45-20-11-3)37(33)39(43)41(49-24-15-7)38(42)31-25-35(46-21-12-4)40(48-23-14-6)36(26-31)47-22-13-5/h10-15,25-28,30H,2-7,9,16-24,29H2,1,8H3. The molecule has 1 aromatic heterocycles. The van der Waals surface area contributed by atoms with E-state index in [0.29, 0.717) is 57.5 Å². The average molecular weight is 670 g/mol. The Morgan fingerprint density at radius 1 is 0.653 bits per heavy atom. The minimum Gasteiger partial charge on any atom is -0.489 e. The molecule has 8 nitrogen and oxygen atoms in total. The summed E-state index contributed by atoms with van der Waals surface area (Å²) in [6.45, 7) is 29.0. The van der Waals surface area contributed by atoms with Gasteiger partial charge >= 0.3 is 0 Å². The van der Waals surface area contributed by atoms with E-state index < -0.39 is 0 Å². The van der Waals surface area contributed by atoms with Crippen molar-refractivity contribution in [1.82, 2.24) is 4.57 Å². The summed E-state index contributed by atoms with van der Waals surface area (Å²) < 4.78 is 38.9. The lowest BCUT2D eigenvalue weighted by molar-refractivity contribution is 0.280. The Morgan fingerprint density at radius 2 is 1.16 bits per heavy atom. The van der Waals surface area contributed by atoms with Gasteiger partial charge in [0.25, 0.3) is 0 Å². The van der Waals surface area contributed by atoms with Crippen molar-refractivity contribution in [3.05, 3.63) is 110 Å². The molecule has 1 unspecified atom stereocenters. The third-order valence-corrected chi connectivity index (χ3v) is 7.67. The summed E-state index contributed by atoms with van der Waals surface area (Å²) in [6, 6.07) is 7.27. The molecule has 49 heavy (non-hydrogen) atoms. The normalized spacial score (nSPS) is 11.2. The van der Waals surface area contributed by atoms with Gasteiger partial charge in [-0.05, 0) is 24.5 Å². The van der Waals surface area contributed by atoms with Crippen LogP contribution in [0.25, 0.3) is 22.2 Å². The third kappa shape index (κ3) is 9.95. The Hall–Kier alpha value is -5.11. The van der Waals surface area contributed by atoms with Crippen molar-refractivity contribution in [3.8, 4) is 45.8 Å². The highest BCUT2D eigenvalue weighted by atomic mass is 16.5. The number of ether oxygens (including phenoxy) is 6. The second-order valence-corrected chi connectivity index (χ2v) is 11.2. The van der Waals surface area contributed by atoms with Crippen LogP contribution < -0.4 is 33.8 Å². The molecule has 1 atom stereocenters. The van der Waals surface area contributed by atoms with Crippen LogP contribution in [0.4, 0.5) is 0 Å². The summed E-state index contributed by atoms with van der Waals surface area (Å²) in [7, 11) is 0. The van der Waals surface area contributed by atoms with E-state index in [1.165, 1.54) is 0 Å². The molecule has 0 spiro atoms. The summed E-state index contributed by atoms with van der Waals surface area (Å²) in [5.41, 5.74) is 1.47. The van der Waals surface area contributed by atoms with Crippen LogP contribution in [-0.4, -0.2) is 44.2 Å². The van der Waals surface area contributed by atoms with Crippen LogP contribution in [0.3, 0.4) is 0 Å². The first-order valence-corrected chi connectivity index (χ1v) is 16.8. The lowest BCUT2D eigenvalue weighted by atomic mass is 9.97. The van der Waals surface area contributed by atoms with Gasteiger partial charge in [-0.1, -0.05) is 109 Å². The number of rotatable bonds is 25. The molecule has 8 heteroatoms. The first-order chi connectivity index (χ1) is 23.9. The first kappa shape index (κ1) is 38.3. The van der Waals surface area contributed by atoms with Gasteiger partial charge in [0.15, 0.2) is 17.2 Å². The molecule has 0 aliphatic rings. The number of benzene rings is 2. The molecule has 0 fully saturated rings. The van der Waals surface area contributed by atoms with E-state index in [2.05, 4.69) is 57.9 Å². The van der Waals surface area contributed by atoms with Crippen molar-refractivity contribution in [2.45, 2.75) is 46.1 Å². The van der Waals surface area contributed by atoms with Crippen LogP contribution in [0, 0.1) is 5.92 Å². The van der Waals surface area contributed by atoms with Gasteiger partial charge in [-0.2, -0.15) is 0 Å². The zero-order valence-electron chi connectivity index (χ0n) is 29.2. The molecule has 0 saturated heterocycles. The van der Waals surface area contributed by atoms with Gasteiger partial charge in [0.1, 0.15) is 51.1 Å². The minimum atomic E-state index is -0.340. The highest BCUT2D eigenvalue weighted by molar-refractivity contribution is 5.92. The number of hydrogen-bond acceptors (Lipinski definition) is 7. The molecule has 0 bridgehead atoms. The molecule has 0 radical (unpaired) electrons. The smallest absolute Gasteiger partial charge is 0.235 e. The Labute approximate surface area is 291 Å². The third-order valence-electron chi connectivity index (χ3n) is 7.67. The lowest BCUT2D eigenvalue weighted by Gasteiger charge is -2.26. The fourth-order valence-electron chi connectivity index (χ4n) is 5.42. The molecule has 0 saturated carbocycles. The van der Waals surface area contributed by atoms with E-state index in [4.69, 9.17) is 28.4 Å². The zero-order valence-corrected chi connectivity index (χ0v) is 29.2. The van der Waals surface area contributed by atoms with E-state index in [1.807, 2.05) is 18.2 Å². The molecular formula is C41H51NO7. The minimum absolute atomic E-state index is 0.102. The maximum atomic E-state index is 14.7. The number of hydrogen-bond donors (Lipinski definition) is 0. The topological polar surface area (TPSA) is 77.4 Å². The molecular weight excluding hydrogens is 618 g/mol. The van der Waals surface area contributed by atoms with Gasteiger partial charge in [-0.3, -0.25) is 4.79 Å². The van der Waals surface area contributed by atoms with Crippen molar-refractivity contribution >= 4 is 10.9 Å². The SMILES string of the molecule is C=CCOc1cc(OCC=C)c2c(=O)c(OCC=C)c(-c3cc(OCC=C)c(OCC=C)c(OCC=C)c3)n(CC(CC)CCCC)c2c1. The second-order valence-electron chi connectivity index (χ2n) is 11.2. The van der Waals surface area contributed by atoms with Crippen LogP contribution >= 0.6 is 0 Å². The van der Waals surface area contributed by atoms with E-state index >= 15 is 0 Å². The maximum absolute atomic E-state index is 14.7. The van der Waals surface area contributed by atoms with Crippen LogP contribution in [0.1, 0.15) is 39.5 Å². The first-order valence-electron chi connectivity index (χ1n) is 16.8. The summed E-state index contributed by atoms with van der Waals surface area (Å²) in [4.78, 5) is 14.7. The van der Waals surface area contributed by atoms with Gasteiger partial charge in [-0.15, -0.1) is 0 Å². The Balaban J connectivity index is 2.60. The quantitative estimate of drug-likeness (QED) is 0.0833. The Morgan fingerprint density at radius 3 is 1.69 bits per heavy atom. The Kier molecular flexibility index (Phi) is 15.9. The highest BCUT2D eigenvalue weighted by Gasteiger charge is 2.27. The Bertz CT molecular complexity index is 1640. The molecule has 0 aliphatic carbocycles. The molecule has 2 aromatic carbocycles. The van der Waals surface area contributed by atoms with Crippen molar-refractivity contribution in [1.29, 1.82) is 0 Å². The summed E-state index contributed by atoms with van der Waals surface area (Å²) in [6.07, 6.45) is 13.9. The van der Waals surface area contributed by atoms with E-state index in [0.717, 1.165) is 25.7 Å². The molecule has 3 aromatic rings. The lowest BCUT2D eigenvalue weighted by Crippen LogP contribution is -2.21. The van der Waals surface area contributed by atoms with Gasteiger partial charge < -0.3 is 33.0 Å². The number of nitrogens with zero attached hydrogens (tertiary/aromatic N) is 1. The molecule has 0 N–H and O–H groups in total. The van der Waals surface area contributed by atoms with Crippen LogP contribution in [0.2, 0.25) is 0 Å². The summed E-state index contributed by atoms with van der Waals surface area (Å²) in [5, 5.41) is 0.373. The molecule has 0 aliphatic heterocycles. The molecule has 1 heterocycles. The number of aromatic nitrogens is 1. The van der Waals surface area contributed by atoms with Gasteiger partial charge in [-0.25, -0.2) is 0 Å². The van der Waals surface area contributed by atoms with Crippen LogP contribution in [0.15, 0.2) is 105 Å². The molecule has 262 valence electrons. The summed E-state index contributed by atoms with van der Waals surface area (Å²) >= 11 is 0. The van der Waals surface area contributed by atoms with E-state index in [-0.39, 0.29) is 56.7 Å². The molecule has 3 rings (SSSR count). The maximum Gasteiger partial charge on any atom is 0.235 e. The van der Waals surface area contributed by atoms with E-state index in [9.17, 15) is 4.79 Å². The van der Waals surface area contributed by atoms with Gasteiger partial charge in [0, 0.05) is 24.2 Å². The fourth-order valence-corrected chi connectivity index (χ4v) is 5.42. The second kappa shape index (κ2) is 20.3. The fraction of sp³-hybridized carbons (Fsp3) is 0.341. The van der Waals surface area contributed by atoms with Crippen molar-refractivity contribution in [2.75, 3.05) is 39.6 Å². The van der Waals surface area contributed by atoms with Crippen LogP contribution in [0.5, 0.6) is 34.5 Å². The largest absolute Gasteiger partial charge is 0.489 e. The van der Waals surface area contributed by atoms with Gasteiger partial charge in [0.2, 0.25) is 11.2 Å². The summed E-state index contributed by atoms with van der Waals surface area (Å²) in [5.74, 6) is 2.53. The predicted molar refractivity (Wildman–Crippen MR) is 201 cm³/mol. The molecule has 0 amide bonds. The monoisotopic (exact) mass is 669 g/mol. The number of unbranched alkanes of at least 4 members (excludes halogenated alkanes) is 1. The number of fused-ring (bicyclic) bond motifs is 1. The van der Waals surface area contributed by atoms with Gasteiger partial charge in [0.05, 0.1) is 16.6 Å². The van der Waals surface area contributed by atoms with Crippen LogP contribution in [-0.2, 0) is 6.54 Å². The van der Waals surface area contributed by atoms with Crippen molar-refractivity contribution < 1.29 is 28.4 Å². The number of pyridine rings is 1. The average Bonchev–Trinajstić information content (AvgIpc) is 3.12. The van der Waals surface area contributed by atoms with Crippen molar-refractivity contribution in [2.24, 2.45) is 5.92 Å². The zero-order chi connectivity index (χ0) is 35.6.